The average molecular weight is 197 g/mol. The van der Waals surface area contributed by atoms with E-state index in [2.05, 4.69) is 10.4 Å². The molecule has 0 aliphatic carbocycles. The van der Waals surface area contributed by atoms with Crippen molar-refractivity contribution in [1.29, 1.82) is 5.26 Å². The molecule has 0 rings (SSSR count). The zero-order valence-corrected chi connectivity index (χ0v) is 7.75. The van der Waals surface area contributed by atoms with E-state index < -0.39 is 0 Å². The van der Waals surface area contributed by atoms with Crippen LogP contribution in [0.25, 0.3) is 0 Å². The number of hydrogen-bond acceptors (Lipinski definition) is 5. The summed E-state index contributed by atoms with van der Waals surface area (Å²) in [4.78, 5) is 20.2. The Morgan fingerprint density at radius 2 is 2.36 bits per heavy atom. The van der Waals surface area contributed by atoms with Crippen molar-refractivity contribution in [3.63, 3.8) is 0 Å². The Labute approximate surface area is 81.3 Å². The molecule has 0 saturated heterocycles. The third-order valence-corrected chi connectivity index (χ3v) is 1.47. The quantitative estimate of drug-likeness (QED) is 0.354. The Morgan fingerprint density at radius 1 is 1.64 bits per heavy atom. The highest BCUT2D eigenvalue weighted by Gasteiger charge is 2.09. The Kier molecular flexibility index (Phi) is 6.59. The number of carbonyl (C=O) groups is 2. The number of carbonyl (C=O) groups excluding carboxylic acids is 2. The Bertz CT molecular complexity index is 247. The molecule has 14 heavy (non-hydrogen) atoms. The van der Waals surface area contributed by atoms with E-state index in [1.165, 1.54) is 0 Å². The van der Waals surface area contributed by atoms with Gasteiger partial charge in [0.1, 0.15) is 0 Å². The van der Waals surface area contributed by atoms with Crippen LogP contribution in [0.15, 0.2) is 10.4 Å². The summed E-state index contributed by atoms with van der Waals surface area (Å²) in [6, 6.07) is 2.01. The van der Waals surface area contributed by atoms with Crippen LogP contribution in [0.2, 0.25) is 0 Å². The molecule has 0 fully saturated rings. The minimum Gasteiger partial charge on any atom is -0.277 e. The molecule has 0 bridgehead atoms. The van der Waals surface area contributed by atoms with Crippen molar-refractivity contribution < 1.29 is 9.59 Å². The highest BCUT2D eigenvalue weighted by Crippen LogP contribution is 2.02. The van der Waals surface area contributed by atoms with Crippen LogP contribution in [0.3, 0.4) is 0 Å². The molecule has 0 aliphatic heterocycles. The molecule has 0 aromatic carbocycles. The first-order valence-corrected chi connectivity index (χ1v) is 3.99. The first-order valence-electron chi connectivity index (χ1n) is 3.99. The van der Waals surface area contributed by atoms with Gasteiger partial charge in [0.2, 0.25) is 12.8 Å². The van der Waals surface area contributed by atoms with Crippen LogP contribution in [-0.2, 0) is 9.59 Å². The molecular weight excluding hydrogens is 186 g/mol. The smallest absolute Gasteiger partial charge is 0.231 e. The van der Waals surface area contributed by atoms with Crippen molar-refractivity contribution in [3.8, 4) is 6.07 Å². The van der Waals surface area contributed by atoms with Gasteiger partial charge < -0.3 is 0 Å². The summed E-state index contributed by atoms with van der Waals surface area (Å²) in [5.74, 6) is -0.282. The van der Waals surface area contributed by atoms with Gasteiger partial charge in [0.15, 0.2) is 0 Å². The molecule has 2 amide bonds. The second-order valence-electron chi connectivity index (χ2n) is 2.40. The molecule has 0 aromatic rings. The zero-order valence-electron chi connectivity index (χ0n) is 7.75. The normalized spacial score (nSPS) is 11.7. The van der Waals surface area contributed by atoms with Crippen LogP contribution < -0.4 is 5.43 Å². The van der Waals surface area contributed by atoms with Crippen molar-refractivity contribution in [1.82, 2.24) is 10.4 Å². The van der Waals surface area contributed by atoms with E-state index in [1.807, 2.05) is 18.4 Å². The summed E-state index contributed by atoms with van der Waals surface area (Å²) in [6.45, 7) is 2.00. The van der Waals surface area contributed by atoms with E-state index in [0.29, 0.717) is 19.2 Å². The second-order valence-corrected chi connectivity index (χ2v) is 2.40. The van der Waals surface area contributed by atoms with Crippen LogP contribution >= 0.6 is 0 Å². The standard InChI is InChI=1S/C7H11N5O2/c1-2-7(3-8)4-12(6-14)11-10-9-5-13/h5-7H,2,4H2,1H3,(H,9,11,13). The molecule has 1 N–H and O–H groups in total. The van der Waals surface area contributed by atoms with E-state index in [-0.39, 0.29) is 12.5 Å². The van der Waals surface area contributed by atoms with Crippen LogP contribution in [0.1, 0.15) is 13.3 Å². The van der Waals surface area contributed by atoms with E-state index in [0.717, 1.165) is 5.01 Å². The monoisotopic (exact) mass is 197 g/mol. The maximum atomic E-state index is 10.4. The molecule has 0 aliphatic rings. The Morgan fingerprint density at radius 3 is 2.79 bits per heavy atom. The van der Waals surface area contributed by atoms with Gasteiger partial charge in [-0.2, -0.15) is 5.26 Å². The van der Waals surface area contributed by atoms with Crippen LogP contribution in [0.4, 0.5) is 0 Å². The number of nitriles is 1. The fourth-order valence-corrected chi connectivity index (χ4v) is 0.694. The third kappa shape index (κ3) is 4.82. The molecule has 76 valence electrons. The topological polar surface area (TPSA) is 97.9 Å². The molecule has 0 saturated carbocycles. The lowest BCUT2D eigenvalue weighted by Gasteiger charge is -2.11. The third-order valence-electron chi connectivity index (χ3n) is 1.47. The number of rotatable bonds is 7. The summed E-state index contributed by atoms with van der Waals surface area (Å²) in [6.07, 6.45) is 1.39. The molecular formula is C7H11N5O2. The fraction of sp³-hybridized carbons (Fsp3) is 0.571. The van der Waals surface area contributed by atoms with Crippen molar-refractivity contribution in [3.05, 3.63) is 0 Å². The summed E-state index contributed by atoms with van der Waals surface area (Å²) >= 11 is 0. The summed E-state index contributed by atoms with van der Waals surface area (Å²) in [5, 5.41) is 16.1. The average Bonchev–Trinajstić information content (AvgIpc) is 2.23. The number of nitrogens with zero attached hydrogens (tertiary/aromatic N) is 4. The van der Waals surface area contributed by atoms with Gasteiger partial charge in [-0.05, 0) is 16.9 Å². The first-order chi connectivity index (χ1) is 6.78. The van der Waals surface area contributed by atoms with Gasteiger partial charge in [0.05, 0.1) is 18.5 Å². The summed E-state index contributed by atoms with van der Waals surface area (Å²) < 4.78 is 0. The van der Waals surface area contributed by atoms with E-state index in [4.69, 9.17) is 5.26 Å². The molecule has 0 aromatic heterocycles. The summed E-state index contributed by atoms with van der Waals surface area (Å²) in [5.41, 5.74) is 1.92. The Balaban J connectivity index is 4.08. The van der Waals surface area contributed by atoms with Crippen LogP contribution in [-0.4, -0.2) is 24.4 Å². The van der Waals surface area contributed by atoms with Crippen molar-refractivity contribution >= 4 is 12.8 Å². The molecule has 0 radical (unpaired) electrons. The maximum absolute atomic E-state index is 10.4. The second kappa shape index (κ2) is 7.67. The lowest BCUT2D eigenvalue weighted by Crippen LogP contribution is -2.22. The molecule has 7 heteroatoms. The van der Waals surface area contributed by atoms with Gasteiger partial charge in [-0.15, -0.1) is 0 Å². The van der Waals surface area contributed by atoms with Gasteiger partial charge in [0.25, 0.3) is 0 Å². The SMILES string of the molecule is CCC(C#N)CN(C=O)N=NNC=O. The minimum atomic E-state index is -0.282. The molecule has 1 unspecified atom stereocenters. The molecule has 0 heterocycles. The van der Waals surface area contributed by atoms with Gasteiger partial charge in [0, 0.05) is 0 Å². The first kappa shape index (κ1) is 12.0. The molecule has 0 spiro atoms. The van der Waals surface area contributed by atoms with Gasteiger partial charge >= 0.3 is 0 Å². The largest absolute Gasteiger partial charge is 0.277 e. The predicted molar refractivity (Wildman–Crippen MR) is 46.2 cm³/mol. The van der Waals surface area contributed by atoms with Gasteiger partial charge in [-0.3, -0.25) is 9.59 Å². The van der Waals surface area contributed by atoms with Gasteiger partial charge in [-0.25, -0.2) is 10.4 Å². The van der Waals surface area contributed by atoms with Gasteiger partial charge in [-0.1, -0.05) is 6.92 Å². The molecule has 1 atom stereocenters. The van der Waals surface area contributed by atoms with Crippen LogP contribution in [0, 0.1) is 17.2 Å². The summed E-state index contributed by atoms with van der Waals surface area (Å²) in [7, 11) is 0. The highest BCUT2D eigenvalue weighted by molar-refractivity contribution is 5.46. The number of hydrogen-bond donors (Lipinski definition) is 1. The highest BCUT2D eigenvalue weighted by atomic mass is 16.2. The Hall–Kier alpha value is -1.97. The lowest BCUT2D eigenvalue weighted by molar-refractivity contribution is -0.119. The number of amides is 2. The van der Waals surface area contributed by atoms with E-state index in [9.17, 15) is 9.59 Å². The molecule has 7 nitrogen and oxygen atoms in total. The van der Waals surface area contributed by atoms with Crippen molar-refractivity contribution in [2.75, 3.05) is 6.54 Å². The fourth-order valence-electron chi connectivity index (χ4n) is 0.694. The van der Waals surface area contributed by atoms with E-state index >= 15 is 0 Å². The number of nitrogens with one attached hydrogen (secondary N) is 1. The van der Waals surface area contributed by atoms with E-state index in [1.54, 1.807) is 0 Å². The van der Waals surface area contributed by atoms with Crippen LogP contribution in [0.5, 0.6) is 0 Å². The van der Waals surface area contributed by atoms with Crippen molar-refractivity contribution in [2.24, 2.45) is 16.4 Å². The predicted octanol–water partition coefficient (Wildman–Crippen LogP) is 0.0228. The maximum Gasteiger partial charge on any atom is 0.231 e. The van der Waals surface area contributed by atoms with Crippen molar-refractivity contribution in [2.45, 2.75) is 13.3 Å². The minimum absolute atomic E-state index is 0.167. The lowest BCUT2D eigenvalue weighted by atomic mass is 10.1. The zero-order chi connectivity index (χ0) is 10.8.